The standard InChI is InChI=1S/C19H20ClN3O3/c1-22(12-14-5-3-2-4-6-14)10-9-21-18(24)13-23-16-8-7-15(20)11-17(16)26-19(23)25/h2-8,11H,9-10,12-13H2,1H3,(H,21,24)/p+1. The largest absolute Gasteiger partial charge is 0.420 e. The molecule has 1 unspecified atom stereocenters. The maximum atomic E-state index is 12.2. The lowest BCUT2D eigenvalue weighted by Crippen LogP contribution is -3.08. The number of halogens is 1. The fraction of sp³-hybridized carbons (Fsp3) is 0.263. The molecule has 0 saturated heterocycles. The molecule has 0 aliphatic rings. The van der Waals surface area contributed by atoms with E-state index >= 15 is 0 Å². The third kappa shape index (κ3) is 4.53. The van der Waals surface area contributed by atoms with Gasteiger partial charge in [-0.3, -0.25) is 9.36 Å². The van der Waals surface area contributed by atoms with Crippen LogP contribution in [0.2, 0.25) is 5.02 Å². The van der Waals surface area contributed by atoms with Crippen molar-refractivity contribution in [2.24, 2.45) is 0 Å². The maximum absolute atomic E-state index is 12.2. The number of amides is 1. The number of fused-ring (bicyclic) bond motifs is 1. The van der Waals surface area contributed by atoms with Gasteiger partial charge in [0.15, 0.2) is 5.58 Å². The van der Waals surface area contributed by atoms with Crippen LogP contribution in [0.4, 0.5) is 0 Å². The molecule has 0 fully saturated rings. The van der Waals surface area contributed by atoms with Crippen molar-refractivity contribution >= 4 is 28.6 Å². The molecular weight excluding hydrogens is 354 g/mol. The highest BCUT2D eigenvalue weighted by molar-refractivity contribution is 6.31. The molecular formula is C19H21ClN3O3+. The third-order valence-corrected chi connectivity index (χ3v) is 4.39. The average molecular weight is 375 g/mol. The van der Waals surface area contributed by atoms with Crippen LogP contribution in [0.15, 0.2) is 57.7 Å². The maximum Gasteiger partial charge on any atom is 0.420 e. The highest BCUT2D eigenvalue weighted by Gasteiger charge is 2.13. The van der Waals surface area contributed by atoms with Crippen LogP contribution in [0.5, 0.6) is 0 Å². The van der Waals surface area contributed by atoms with Crippen molar-refractivity contribution < 1.29 is 14.1 Å². The Kier molecular flexibility index (Phi) is 5.75. The van der Waals surface area contributed by atoms with Gasteiger partial charge in [0.25, 0.3) is 0 Å². The molecule has 0 spiro atoms. The number of carbonyl (C=O) groups is 1. The second-order valence-corrected chi connectivity index (χ2v) is 6.72. The van der Waals surface area contributed by atoms with Crippen LogP contribution in [0, 0.1) is 0 Å². The van der Waals surface area contributed by atoms with Gasteiger partial charge >= 0.3 is 5.76 Å². The minimum absolute atomic E-state index is 0.0782. The molecule has 0 aliphatic heterocycles. The molecule has 1 aromatic heterocycles. The van der Waals surface area contributed by atoms with Gasteiger partial charge in [-0.2, -0.15) is 0 Å². The van der Waals surface area contributed by atoms with E-state index in [1.54, 1.807) is 18.2 Å². The summed E-state index contributed by atoms with van der Waals surface area (Å²) < 4.78 is 6.44. The Morgan fingerprint density at radius 2 is 2.00 bits per heavy atom. The number of hydrogen-bond donors (Lipinski definition) is 2. The van der Waals surface area contributed by atoms with Crippen molar-refractivity contribution in [2.45, 2.75) is 13.1 Å². The summed E-state index contributed by atoms with van der Waals surface area (Å²) in [5.41, 5.74) is 2.19. The summed E-state index contributed by atoms with van der Waals surface area (Å²) in [6, 6.07) is 15.1. The Morgan fingerprint density at radius 1 is 1.23 bits per heavy atom. The number of likely N-dealkylation sites (N-methyl/N-ethyl adjacent to an activating group) is 1. The Labute approximate surface area is 156 Å². The second-order valence-electron chi connectivity index (χ2n) is 6.29. The monoisotopic (exact) mass is 374 g/mol. The number of quaternary nitrogens is 1. The van der Waals surface area contributed by atoms with E-state index in [4.69, 9.17) is 16.0 Å². The van der Waals surface area contributed by atoms with E-state index in [1.807, 2.05) is 18.2 Å². The van der Waals surface area contributed by atoms with E-state index in [2.05, 4.69) is 24.5 Å². The van der Waals surface area contributed by atoms with Gasteiger partial charge in [-0.1, -0.05) is 41.9 Å². The van der Waals surface area contributed by atoms with Crippen molar-refractivity contribution in [3.05, 3.63) is 69.7 Å². The minimum atomic E-state index is -0.566. The first-order chi connectivity index (χ1) is 12.5. The van der Waals surface area contributed by atoms with Crippen molar-refractivity contribution in [1.82, 2.24) is 9.88 Å². The highest BCUT2D eigenvalue weighted by Crippen LogP contribution is 2.18. The van der Waals surface area contributed by atoms with Crippen LogP contribution in [-0.4, -0.2) is 30.6 Å². The van der Waals surface area contributed by atoms with Gasteiger partial charge in [0.2, 0.25) is 5.91 Å². The van der Waals surface area contributed by atoms with E-state index in [9.17, 15) is 9.59 Å². The molecule has 2 aromatic carbocycles. The van der Waals surface area contributed by atoms with Crippen LogP contribution in [0.25, 0.3) is 11.1 Å². The Hall–Kier alpha value is -2.57. The molecule has 6 nitrogen and oxygen atoms in total. The third-order valence-electron chi connectivity index (χ3n) is 4.15. The van der Waals surface area contributed by atoms with E-state index in [1.165, 1.54) is 15.0 Å². The number of hydrogen-bond acceptors (Lipinski definition) is 3. The second kappa shape index (κ2) is 8.21. The highest BCUT2D eigenvalue weighted by atomic mass is 35.5. The Bertz CT molecular complexity index is 950. The Balaban J connectivity index is 1.52. The number of nitrogens with one attached hydrogen (secondary N) is 2. The first-order valence-electron chi connectivity index (χ1n) is 8.44. The number of benzene rings is 2. The normalized spacial score (nSPS) is 12.2. The van der Waals surface area contributed by atoms with Crippen LogP contribution < -0.4 is 16.0 Å². The van der Waals surface area contributed by atoms with Gasteiger partial charge in [-0.25, -0.2) is 4.79 Å². The minimum Gasteiger partial charge on any atom is -0.408 e. The topological polar surface area (TPSA) is 68.7 Å². The number of nitrogens with zero attached hydrogens (tertiary/aromatic N) is 1. The summed E-state index contributed by atoms with van der Waals surface area (Å²) in [5, 5.41) is 3.33. The zero-order chi connectivity index (χ0) is 18.5. The summed E-state index contributed by atoms with van der Waals surface area (Å²) >= 11 is 5.89. The van der Waals surface area contributed by atoms with E-state index in [0.29, 0.717) is 22.7 Å². The molecule has 136 valence electrons. The van der Waals surface area contributed by atoms with Crippen LogP contribution in [-0.2, 0) is 17.9 Å². The summed E-state index contributed by atoms with van der Waals surface area (Å²) in [4.78, 5) is 25.4. The molecule has 2 N–H and O–H groups in total. The smallest absolute Gasteiger partial charge is 0.408 e. The van der Waals surface area contributed by atoms with Gasteiger partial charge in [-0.05, 0) is 12.1 Å². The molecule has 0 bridgehead atoms. The fourth-order valence-electron chi connectivity index (χ4n) is 2.84. The SMILES string of the molecule is C[NH+](CCNC(=O)Cn1c(=O)oc2cc(Cl)ccc21)Cc1ccccc1. The molecule has 1 heterocycles. The van der Waals surface area contributed by atoms with E-state index < -0.39 is 5.76 Å². The first kappa shape index (κ1) is 18.2. The van der Waals surface area contributed by atoms with Crippen molar-refractivity contribution in [3.63, 3.8) is 0 Å². The molecule has 1 atom stereocenters. The Morgan fingerprint density at radius 3 is 2.77 bits per heavy atom. The molecule has 0 aliphatic carbocycles. The van der Waals surface area contributed by atoms with Crippen molar-refractivity contribution in [3.8, 4) is 0 Å². The lowest BCUT2D eigenvalue weighted by Gasteiger charge is -2.14. The lowest BCUT2D eigenvalue weighted by atomic mass is 10.2. The predicted molar refractivity (Wildman–Crippen MR) is 100 cm³/mol. The fourth-order valence-corrected chi connectivity index (χ4v) is 3.00. The molecule has 3 rings (SSSR count). The predicted octanol–water partition coefficient (Wildman–Crippen LogP) is 1.08. The lowest BCUT2D eigenvalue weighted by molar-refractivity contribution is -0.892. The molecule has 3 aromatic rings. The van der Waals surface area contributed by atoms with E-state index in [-0.39, 0.29) is 12.5 Å². The van der Waals surface area contributed by atoms with Gasteiger partial charge in [0, 0.05) is 16.7 Å². The van der Waals surface area contributed by atoms with Gasteiger partial charge in [0.05, 0.1) is 25.7 Å². The molecule has 26 heavy (non-hydrogen) atoms. The summed E-state index contributed by atoms with van der Waals surface area (Å²) in [7, 11) is 2.08. The molecule has 1 amide bonds. The van der Waals surface area contributed by atoms with Gasteiger partial charge in [-0.15, -0.1) is 0 Å². The summed E-state index contributed by atoms with van der Waals surface area (Å²) in [5.74, 6) is -0.790. The number of carbonyl (C=O) groups excluding carboxylic acids is 1. The molecule has 7 heteroatoms. The van der Waals surface area contributed by atoms with Crippen LogP contribution in [0.3, 0.4) is 0 Å². The zero-order valence-electron chi connectivity index (χ0n) is 14.5. The average Bonchev–Trinajstić information content (AvgIpc) is 2.90. The summed E-state index contributed by atoms with van der Waals surface area (Å²) in [6.45, 7) is 2.14. The molecule has 0 saturated carbocycles. The van der Waals surface area contributed by atoms with Crippen LogP contribution >= 0.6 is 11.6 Å². The van der Waals surface area contributed by atoms with Gasteiger partial charge < -0.3 is 14.6 Å². The van der Waals surface area contributed by atoms with Crippen LogP contribution in [0.1, 0.15) is 5.56 Å². The number of oxazole rings is 1. The van der Waals surface area contributed by atoms with E-state index in [0.717, 1.165) is 13.1 Å². The summed E-state index contributed by atoms with van der Waals surface area (Å²) in [6.07, 6.45) is 0. The first-order valence-corrected chi connectivity index (χ1v) is 8.81. The quantitative estimate of drug-likeness (QED) is 0.650. The van der Waals surface area contributed by atoms with Crippen molar-refractivity contribution in [1.29, 1.82) is 0 Å². The number of rotatable bonds is 7. The van der Waals surface area contributed by atoms with Gasteiger partial charge in [0.1, 0.15) is 13.1 Å². The number of aromatic nitrogens is 1. The molecule has 0 radical (unpaired) electrons. The zero-order valence-corrected chi connectivity index (χ0v) is 15.3. The van der Waals surface area contributed by atoms with Crippen molar-refractivity contribution in [2.75, 3.05) is 20.1 Å².